The molecule has 2 amide bonds. The van der Waals surface area contributed by atoms with E-state index in [0.717, 1.165) is 36.2 Å². The molecule has 2 heterocycles. The van der Waals surface area contributed by atoms with Crippen LogP contribution < -0.4 is 0 Å². The first-order valence-corrected chi connectivity index (χ1v) is 11.7. The quantitative estimate of drug-likeness (QED) is 0.273. The number of amides is 2. The second-order valence-corrected chi connectivity index (χ2v) is 10.4. The summed E-state index contributed by atoms with van der Waals surface area (Å²) in [5, 5.41) is 0. The van der Waals surface area contributed by atoms with E-state index >= 15 is 0 Å². The Hall–Kier alpha value is -1.84. The molecule has 31 heavy (non-hydrogen) atoms. The number of carbonyl (C=O) groups is 3. The van der Waals surface area contributed by atoms with E-state index in [1.165, 1.54) is 0 Å². The molecule has 9 heteroatoms. The van der Waals surface area contributed by atoms with Gasteiger partial charge < -0.3 is 4.74 Å². The van der Waals surface area contributed by atoms with Crippen LogP contribution in [0, 0.1) is 22.7 Å². The zero-order valence-electron chi connectivity index (χ0n) is 17.9. The first kappa shape index (κ1) is 22.4. The molecule has 0 aromatic heterocycles. The average molecular weight is 452 g/mol. The first-order chi connectivity index (χ1) is 14.7. The van der Waals surface area contributed by atoms with Crippen molar-refractivity contribution in [2.75, 3.05) is 13.2 Å². The van der Waals surface area contributed by atoms with Crippen LogP contribution in [0.25, 0.3) is 0 Å². The summed E-state index contributed by atoms with van der Waals surface area (Å²) in [6, 6.07) is -0.689. The molecule has 8 nitrogen and oxygen atoms in total. The molecule has 2 aliphatic heterocycles. The van der Waals surface area contributed by atoms with Crippen LogP contribution in [0.5, 0.6) is 0 Å². The molecule has 170 valence electrons. The Morgan fingerprint density at radius 1 is 1.23 bits per heavy atom. The van der Waals surface area contributed by atoms with Crippen LogP contribution in [0.4, 0.5) is 0 Å². The van der Waals surface area contributed by atoms with Crippen molar-refractivity contribution >= 4 is 30.2 Å². The molecule has 7 atom stereocenters. The summed E-state index contributed by atoms with van der Waals surface area (Å²) < 4.78 is 27.9. The fourth-order valence-electron chi connectivity index (χ4n) is 6.40. The number of ether oxygens (including phenoxy) is 1. The fourth-order valence-corrected chi connectivity index (χ4v) is 7.31. The summed E-state index contributed by atoms with van der Waals surface area (Å²) in [4.78, 5) is 35.6. The standard InChI is InChI=1S/C22H29NO7S/c1-14-4-7-18-21(2,9-8-19-22(18,3)11-29-31(27)30-19)16(14)6-5-15-17(10-28-20(15)26)23(12-24)13-25/h5,12-13,16-19H,1,4,6-11H2,2-3H3/b15-5+/t16-,17?,18+,19-,21+,22+,31?/m1/s1. The molecule has 0 aromatic rings. The number of nitrogens with zero attached hydrogens (tertiary/aromatic N) is 1. The Morgan fingerprint density at radius 3 is 2.68 bits per heavy atom. The summed E-state index contributed by atoms with van der Waals surface area (Å²) in [6.07, 6.45) is 6.63. The number of fused-ring (bicyclic) bond motifs is 3. The van der Waals surface area contributed by atoms with Gasteiger partial charge in [0, 0.05) is 5.41 Å². The number of imide groups is 1. The predicted molar refractivity (Wildman–Crippen MR) is 111 cm³/mol. The van der Waals surface area contributed by atoms with Gasteiger partial charge >= 0.3 is 17.3 Å². The average Bonchev–Trinajstić information content (AvgIpc) is 3.09. The van der Waals surface area contributed by atoms with Gasteiger partial charge in [-0.15, -0.1) is 0 Å². The van der Waals surface area contributed by atoms with Crippen LogP contribution >= 0.6 is 0 Å². The molecule has 0 spiro atoms. The summed E-state index contributed by atoms with van der Waals surface area (Å²) in [5.41, 5.74) is 1.16. The minimum Gasteiger partial charge on any atom is -0.460 e. The van der Waals surface area contributed by atoms with Gasteiger partial charge in [0.2, 0.25) is 12.8 Å². The van der Waals surface area contributed by atoms with Crippen molar-refractivity contribution in [3.8, 4) is 0 Å². The van der Waals surface area contributed by atoms with Crippen molar-refractivity contribution < 1.29 is 31.7 Å². The number of rotatable bonds is 5. The highest BCUT2D eigenvalue weighted by atomic mass is 32.2. The van der Waals surface area contributed by atoms with Crippen LogP contribution in [0.2, 0.25) is 0 Å². The molecule has 2 aliphatic carbocycles. The van der Waals surface area contributed by atoms with Gasteiger partial charge in [-0.1, -0.05) is 32.1 Å². The largest absolute Gasteiger partial charge is 0.460 e. The topological polar surface area (TPSA) is 99.2 Å². The molecule has 4 aliphatic rings. The van der Waals surface area contributed by atoms with Crippen LogP contribution in [0.3, 0.4) is 0 Å². The number of cyclic esters (lactones) is 1. The molecule has 2 unspecified atom stereocenters. The van der Waals surface area contributed by atoms with Crippen molar-refractivity contribution in [2.24, 2.45) is 22.7 Å². The lowest BCUT2D eigenvalue weighted by Gasteiger charge is -2.61. The van der Waals surface area contributed by atoms with E-state index in [-0.39, 0.29) is 35.4 Å². The van der Waals surface area contributed by atoms with Crippen LogP contribution in [0.1, 0.15) is 46.0 Å². The Kier molecular flexibility index (Phi) is 5.95. The van der Waals surface area contributed by atoms with Crippen molar-refractivity contribution in [3.63, 3.8) is 0 Å². The molecule has 2 saturated heterocycles. The molecule has 4 rings (SSSR count). The molecule has 0 radical (unpaired) electrons. The molecular formula is C22H29NO7S. The Bertz CT molecular complexity index is 849. The number of hydrogen-bond donors (Lipinski definition) is 0. The molecule has 0 bridgehead atoms. The number of hydrogen-bond acceptors (Lipinski definition) is 7. The van der Waals surface area contributed by atoms with Crippen molar-refractivity contribution in [3.05, 3.63) is 23.8 Å². The van der Waals surface area contributed by atoms with Gasteiger partial charge in [0.25, 0.3) is 0 Å². The third-order valence-corrected chi connectivity index (χ3v) is 8.82. The highest BCUT2D eigenvalue weighted by Gasteiger charge is 2.60. The zero-order chi connectivity index (χ0) is 22.4. The van der Waals surface area contributed by atoms with E-state index in [1.807, 2.05) is 6.08 Å². The highest BCUT2D eigenvalue weighted by Crippen LogP contribution is 2.63. The van der Waals surface area contributed by atoms with Gasteiger partial charge in [0.1, 0.15) is 12.6 Å². The number of allylic oxidation sites excluding steroid dienone is 2. The second-order valence-electron chi connectivity index (χ2n) is 9.57. The summed E-state index contributed by atoms with van der Waals surface area (Å²) in [7, 11) is 0. The van der Waals surface area contributed by atoms with Gasteiger partial charge in [-0.2, -0.15) is 4.21 Å². The monoisotopic (exact) mass is 451 g/mol. The van der Waals surface area contributed by atoms with E-state index in [1.54, 1.807) is 0 Å². The lowest BCUT2D eigenvalue weighted by Crippen LogP contribution is -2.60. The maximum absolute atomic E-state index is 12.3. The van der Waals surface area contributed by atoms with Crippen molar-refractivity contribution in [2.45, 2.75) is 58.1 Å². The Morgan fingerprint density at radius 2 is 1.97 bits per heavy atom. The normalized spacial score (nSPS) is 43.7. The summed E-state index contributed by atoms with van der Waals surface area (Å²) >= 11 is -1.69. The van der Waals surface area contributed by atoms with E-state index in [4.69, 9.17) is 13.1 Å². The van der Waals surface area contributed by atoms with Crippen LogP contribution in [-0.2, 0) is 38.8 Å². The lowest BCUT2D eigenvalue weighted by molar-refractivity contribution is -0.154. The van der Waals surface area contributed by atoms with E-state index < -0.39 is 23.4 Å². The maximum atomic E-state index is 12.3. The van der Waals surface area contributed by atoms with Crippen molar-refractivity contribution in [1.29, 1.82) is 0 Å². The third kappa shape index (κ3) is 3.60. The van der Waals surface area contributed by atoms with Crippen LogP contribution in [-0.4, -0.2) is 53.3 Å². The van der Waals surface area contributed by atoms with Crippen LogP contribution in [0.15, 0.2) is 23.8 Å². The van der Waals surface area contributed by atoms with Gasteiger partial charge in [0.05, 0.1) is 18.3 Å². The third-order valence-electron chi connectivity index (χ3n) is 8.12. The zero-order valence-corrected chi connectivity index (χ0v) is 18.7. The fraction of sp³-hybridized carbons (Fsp3) is 0.682. The van der Waals surface area contributed by atoms with Gasteiger partial charge in [-0.25, -0.2) is 4.79 Å². The van der Waals surface area contributed by atoms with E-state index in [0.29, 0.717) is 31.4 Å². The maximum Gasteiger partial charge on any atom is 0.336 e. The second kappa shape index (κ2) is 8.26. The van der Waals surface area contributed by atoms with Gasteiger partial charge in [-0.05, 0) is 49.4 Å². The SMILES string of the molecule is C=C1CC[C@@H]2[C@]3(C)COS(=O)O[C@@H]3CC[C@@]2(C)[C@@H]1C/C=C1/C(=O)OCC1N(C=O)C=O. The molecule has 2 saturated carbocycles. The smallest absolute Gasteiger partial charge is 0.336 e. The summed E-state index contributed by atoms with van der Waals surface area (Å²) in [6.45, 7) is 9.16. The van der Waals surface area contributed by atoms with Crippen molar-refractivity contribution in [1.82, 2.24) is 4.90 Å². The minimum atomic E-state index is -1.69. The molecule has 4 fully saturated rings. The Labute approximate surface area is 184 Å². The molecule has 0 N–H and O–H groups in total. The molecule has 0 aromatic carbocycles. The number of esters is 1. The summed E-state index contributed by atoms with van der Waals surface area (Å²) in [5.74, 6) is -0.0781. The van der Waals surface area contributed by atoms with Gasteiger partial charge in [0.15, 0.2) is 0 Å². The predicted octanol–water partition coefficient (Wildman–Crippen LogP) is 2.23. The number of carbonyl (C=O) groups excluding carboxylic acids is 3. The highest BCUT2D eigenvalue weighted by molar-refractivity contribution is 7.75. The van der Waals surface area contributed by atoms with Gasteiger partial charge in [-0.3, -0.25) is 22.9 Å². The first-order valence-electron chi connectivity index (χ1n) is 10.7. The minimum absolute atomic E-state index is 0.0147. The Balaban J connectivity index is 1.61. The lowest BCUT2D eigenvalue weighted by atomic mass is 9.46. The van der Waals surface area contributed by atoms with E-state index in [9.17, 15) is 18.6 Å². The van der Waals surface area contributed by atoms with E-state index in [2.05, 4.69) is 20.4 Å². The molecular weight excluding hydrogens is 422 g/mol.